The number of rotatable bonds is 7. The smallest absolute Gasteiger partial charge is 0.0480 e. The standard InChI is InChI=1S/C12H27N3O/c1-14(2)8-9-15(3)7-6-13-12-4-10-16-11-5-12/h12-13H,4-11H2,1-3H3. The normalized spacial score (nSPS) is 18.6. The van der Waals surface area contributed by atoms with E-state index in [0.29, 0.717) is 6.04 Å². The number of hydrogen-bond acceptors (Lipinski definition) is 4. The van der Waals surface area contributed by atoms with E-state index in [2.05, 4.69) is 36.3 Å². The van der Waals surface area contributed by atoms with Gasteiger partial charge in [0.05, 0.1) is 0 Å². The highest BCUT2D eigenvalue weighted by Gasteiger charge is 2.12. The molecule has 0 amide bonds. The van der Waals surface area contributed by atoms with Crippen molar-refractivity contribution in [2.75, 3.05) is 60.5 Å². The predicted molar refractivity (Wildman–Crippen MR) is 67.9 cm³/mol. The van der Waals surface area contributed by atoms with E-state index in [0.717, 1.165) is 39.4 Å². The second-order valence-electron chi connectivity index (χ2n) is 4.95. The summed E-state index contributed by atoms with van der Waals surface area (Å²) in [6.45, 7) is 6.35. The summed E-state index contributed by atoms with van der Waals surface area (Å²) in [5.41, 5.74) is 0. The molecule has 1 aliphatic rings. The summed E-state index contributed by atoms with van der Waals surface area (Å²) in [6, 6.07) is 0.677. The van der Waals surface area contributed by atoms with Gasteiger partial charge in [0.25, 0.3) is 0 Å². The van der Waals surface area contributed by atoms with E-state index in [1.165, 1.54) is 12.8 Å². The number of likely N-dealkylation sites (N-methyl/N-ethyl adjacent to an activating group) is 2. The van der Waals surface area contributed by atoms with Crippen molar-refractivity contribution in [3.63, 3.8) is 0 Å². The van der Waals surface area contributed by atoms with E-state index < -0.39 is 0 Å². The molecule has 96 valence electrons. The maximum atomic E-state index is 5.34. The molecule has 0 bridgehead atoms. The van der Waals surface area contributed by atoms with Crippen molar-refractivity contribution < 1.29 is 4.74 Å². The highest BCUT2D eigenvalue weighted by Crippen LogP contribution is 2.05. The molecule has 0 atom stereocenters. The number of ether oxygens (including phenoxy) is 1. The molecule has 0 aromatic rings. The van der Waals surface area contributed by atoms with Crippen LogP contribution in [0.25, 0.3) is 0 Å². The third-order valence-corrected chi connectivity index (χ3v) is 3.08. The molecule has 1 saturated heterocycles. The van der Waals surface area contributed by atoms with Crippen LogP contribution in [-0.2, 0) is 4.74 Å². The van der Waals surface area contributed by atoms with Crippen LogP contribution in [0.5, 0.6) is 0 Å². The van der Waals surface area contributed by atoms with Gasteiger partial charge in [-0.2, -0.15) is 0 Å². The quantitative estimate of drug-likeness (QED) is 0.677. The van der Waals surface area contributed by atoms with E-state index in [-0.39, 0.29) is 0 Å². The minimum absolute atomic E-state index is 0.677. The zero-order valence-corrected chi connectivity index (χ0v) is 11.0. The van der Waals surface area contributed by atoms with E-state index in [9.17, 15) is 0 Å². The van der Waals surface area contributed by atoms with E-state index >= 15 is 0 Å². The molecule has 1 heterocycles. The van der Waals surface area contributed by atoms with Crippen LogP contribution in [0.1, 0.15) is 12.8 Å². The Kier molecular flexibility index (Phi) is 6.96. The number of nitrogens with one attached hydrogen (secondary N) is 1. The minimum Gasteiger partial charge on any atom is -0.381 e. The Morgan fingerprint density at radius 1 is 1.06 bits per heavy atom. The summed E-state index contributed by atoms with van der Waals surface area (Å²) in [6.07, 6.45) is 2.34. The van der Waals surface area contributed by atoms with Crippen molar-refractivity contribution >= 4 is 0 Å². The van der Waals surface area contributed by atoms with Crippen LogP contribution in [0.3, 0.4) is 0 Å². The lowest BCUT2D eigenvalue weighted by molar-refractivity contribution is 0.0774. The van der Waals surface area contributed by atoms with Crippen LogP contribution in [0, 0.1) is 0 Å². The summed E-state index contributed by atoms with van der Waals surface area (Å²) < 4.78 is 5.34. The summed E-state index contributed by atoms with van der Waals surface area (Å²) in [5.74, 6) is 0. The lowest BCUT2D eigenvalue weighted by Crippen LogP contribution is -2.40. The molecular formula is C12H27N3O. The molecule has 4 nitrogen and oxygen atoms in total. The van der Waals surface area contributed by atoms with Crippen molar-refractivity contribution in [1.29, 1.82) is 0 Å². The Bertz CT molecular complexity index is 170. The van der Waals surface area contributed by atoms with Gasteiger partial charge in [-0.1, -0.05) is 0 Å². The molecule has 0 saturated carbocycles. The molecule has 0 aromatic heterocycles. The van der Waals surface area contributed by atoms with Crippen molar-refractivity contribution in [3.8, 4) is 0 Å². The molecule has 0 aliphatic carbocycles. The molecule has 0 unspecified atom stereocenters. The molecule has 4 heteroatoms. The first kappa shape index (κ1) is 13.9. The summed E-state index contributed by atoms with van der Waals surface area (Å²) >= 11 is 0. The average Bonchev–Trinajstić information content (AvgIpc) is 2.28. The van der Waals surface area contributed by atoms with Gasteiger partial charge in [-0.25, -0.2) is 0 Å². The van der Waals surface area contributed by atoms with Gasteiger partial charge in [0, 0.05) is 45.4 Å². The van der Waals surface area contributed by atoms with Gasteiger partial charge in [0.1, 0.15) is 0 Å². The molecule has 1 fully saturated rings. The summed E-state index contributed by atoms with van der Waals surface area (Å²) in [7, 11) is 6.43. The van der Waals surface area contributed by atoms with Crippen molar-refractivity contribution in [1.82, 2.24) is 15.1 Å². The maximum Gasteiger partial charge on any atom is 0.0480 e. The van der Waals surface area contributed by atoms with Crippen LogP contribution >= 0.6 is 0 Å². The van der Waals surface area contributed by atoms with E-state index in [4.69, 9.17) is 4.74 Å². The molecule has 0 radical (unpaired) electrons. The Morgan fingerprint density at radius 2 is 1.75 bits per heavy atom. The molecule has 0 spiro atoms. The third kappa shape index (κ3) is 6.43. The van der Waals surface area contributed by atoms with Crippen LogP contribution in [-0.4, -0.2) is 76.4 Å². The lowest BCUT2D eigenvalue weighted by Gasteiger charge is -2.25. The Labute approximate surface area is 99.9 Å². The lowest BCUT2D eigenvalue weighted by atomic mass is 10.1. The zero-order valence-electron chi connectivity index (χ0n) is 11.0. The monoisotopic (exact) mass is 229 g/mol. The zero-order chi connectivity index (χ0) is 11.8. The van der Waals surface area contributed by atoms with Gasteiger partial charge in [-0.3, -0.25) is 0 Å². The Balaban J connectivity index is 1.96. The number of hydrogen-bond donors (Lipinski definition) is 1. The van der Waals surface area contributed by atoms with Gasteiger partial charge in [0.2, 0.25) is 0 Å². The fourth-order valence-electron chi connectivity index (χ4n) is 1.84. The topological polar surface area (TPSA) is 27.7 Å². The van der Waals surface area contributed by atoms with Crippen LogP contribution < -0.4 is 5.32 Å². The van der Waals surface area contributed by atoms with Crippen LogP contribution in [0.4, 0.5) is 0 Å². The Morgan fingerprint density at radius 3 is 2.38 bits per heavy atom. The van der Waals surface area contributed by atoms with Gasteiger partial charge in [-0.05, 0) is 34.0 Å². The van der Waals surface area contributed by atoms with Gasteiger partial charge in [0.15, 0.2) is 0 Å². The maximum absolute atomic E-state index is 5.34. The predicted octanol–water partition coefficient (Wildman–Crippen LogP) is 0.248. The second-order valence-corrected chi connectivity index (χ2v) is 4.95. The first-order valence-electron chi connectivity index (χ1n) is 6.33. The molecule has 16 heavy (non-hydrogen) atoms. The SMILES string of the molecule is CN(C)CCN(C)CCNC1CCOCC1. The third-order valence-electron chi connectivity index (χ3n) is 3.08. The average molecular weight is 229 g/mol. The fourth-order valence-corrected chi connectivity index (χ4v) is 1.84. The highest BCUT2D eigenvalue weighted by atomic mass is 16.5. The molecule has 1 aliphatic heterocycles. The Hall–Kier alpha value is -0.160. The molecule has 1 rings (SSSR count). The molecule has 0 aromatic carbocycles. The fraction of sp³-hybridized carbons (Fsp3) is 1.00. The highest BCUT2D eigenvalue weighted by molar-refractivity contribution is 4.70. The van der Waals surface area contributed by atoms with Crippen molar-refractivity contribution in [3.05, 3.63) is 0 Å². The summed E-state index contributed by atoms with van der Waals surface area (Å²) in [4.78, 5) is 4.61. The largest absolute Gasteiger partial charge is 0.381 e. The van der Waals surface area contributed by atoms with Crippen molar-refractivity contribution in [2.24, 2.45) is 0 Å². The second kappa shape index (κ2) is 8.01. The molecular weight excluding hydrogens is 202 g/mol. The van der Waals surface area contributed by atoms with E-state index in [1.807, 2.05) is 0 Å². The van der Waals surface area contributed by atoms with Gasteiger partial charge >= 0.3 is 0 Å². The van der Waals surface area contributed by atoms with E-state index in [1.54, 1.807) is 0 Å². The minimum atomic E-state index is 0.677. The number of nitrogens with zero attached hydrogens (tertiary/aromatic N) is 2. The van der Waals surface area contributed by atoms with Gasteiger partial charge < -0.3 is 19.9 Å². The van der Waals surface area contributed by atoms with Gasteiger partial charge in [-0.15, -0.1) is 0 Å². The van der Waals surface area contributed by atoms with Crippen LogP contribution in [0.15, 0.2) is 0 Å². The van der Waals surface area contributed by atoms with Crippen LogP contribution in [0.2, 0.25) is 0 Å². The summed E-state index contributed by atoms with van der Waals surface area (Å²) in [5, 5.41) is 3.60. The van der Waals surface area contributed by atoms with Crippen molar-refractivity contribution in [2.45, 2.75) is 18.9 Å². The first-order chi connectivity index (χ1) is 7.68. The first-order valence-corrected chi connectivity index (χ1v) is 6.33. The molecule has 1 N–H and O–H groups in total.